The lowest BCUT2D eigenvalue weighted by molar-refractivity contribution is -0.134. The van der Waals surface area contributed by atoms with E-state index in [4.69, 9.17) is 27.9 Å². The number of benzene rings is 2. The van der Waals surface area contributed by atoms with Crippen LogP contribution in [0.15, 0.2) is 47.3 Å². The highest BCUT2D eigenvalue weighted by Crippen LogP contribution is 2.37. The summed E-state index contributed by atoms with van der Waals surface area (Å²) in [5.74, 6) is -0.119. The lowest BCUT2D eigenvalue weighted by Crippen LogP contribution is -2.27. The van der Waals surface area contributed by atoms with Gasteiger partial charge >= 0.3 is 5.97 Å². The summed E-state index contributed by atoms with van der Waals surface area (Å²) in [6.45, 7) is 2.92. The fraction of sp³-hybridized carbons (Fsp3) is 0.273. The second-order valence-corrected chi connectivity index (χ2v) is 7.81. The van der Waals surface area contributed by atoms with Crippen molar-refractivity contribution in [2.75, 3.05) is 0 Å². The van der Waals surface area contributed by atoms with Crippen molar-refractivity contribution >= 4 is 29.2 Å². The smallest absolute Gasteiger partial charge is 0.312 e. The van der Waals surface area contributed by atoms with Crippen LogP contribution in [-0.2, 0) is 17.9 Å². The molecular weight excluding hydrogens is 411 g/mol. The molecule has 2 aromatic carbocycles. The van der Waals surface area contributed by atoms with Crippen LogP contribution in [-0.4, -0.2) is 15.3 Å². The van der Waals surface area contributed by atoms with Crippen molar-refractivity contribution in [1.29, 1.82) is 0 Å². The average Bonchev–Trinajstić information content (AvgIpc) is 3.00. The van der Waals surface area contributed by atoms with E-state index < -0.39 is 0 Å². The highest BCUT2D eigenvalue weighted by Gasteiger charge is 2.27. The monoisotopic (exact) mass is 430 g/mol. The molecule has 0 saturated heterocycles. The SMILES string of the molecule is CCC(=O)Oc1c(-c2cc(-c3cccc(Cl)c3)ccc2Cl)c(=O)n2n1CCCC2. The van der Waals surface area contributed by atoms with Gasteiger partial charge in [-0.05, 0) is 48.2 Å². The molecule has 1 aliphatic heterocycles. The fourth-order valence-electron chi connectivity index (χ4n) is 3.62. The van der Waals surface area contributed by atoms with Gasteiger partial charge in [0.25, 0.3) is 5.56 Å². The van der Waals surface area contributed by atoms with Gasteiger partial charge in [-0.1, -0.05) is 48.3 Å². The predicted octanol–water partition coefficient (Wildman–Crippen LogP) is 5.40. The second kappa shape index (κ2) is 8.09. The molecule has 7 heteroatoms. The maximum atomic E-state index is 13.2. The Morgan fingerprint density at radius 3 is 2.48 bits per heavy atom. The van der Waals surface area contributed by atoms with Crippen LogP contribution in [0.5, 0.6) is 5.88 Å². The van der Waals surface area contributed by atoms with Crippen molar-refractivity contribution in [1.82, 2.24) is 9.36 Å². The highest BCUT2D eigenvalue weighted by atomic mass is 35.5. The summed E-state index contributed by atoms with van der Waals surface area (Å²) in [5, 5.41) is 1.04. The fourth-order valence-corrected chi connectivity index (χ4v) is 4.02. The molecule has 0 N–H and O–H groups in total. The zero-order valence-electron chi connectivity index (χ0n) is 16.0. The minimum absolute atomic E-state index is 0.200. The van der Waals surface area contributed by atoms with Gasteiger partial charge in [0.05, 0.1) is 0 Å². The van der Waals surface area contributed by atoms with Crippen molar-refractivity contribution in [3.05, 3.63) is 62.9 Å². The Hall–Kier alpha value is -2.50. The summed E-state index contributed by atoms with van der Waals surface area (Å²) >= 11 is 12.6. The molecule has 4 rings (SSSR count). The number of esters is 1. The summed E-state index contributed by atoms with van der Waals surface area (Å²) in [5.41, 5.74) is 2.44. The minimum atomic E-state index is -0.389. The third-order valence-corrected chi connectivity index (χ3v) is 5.64. The average molecular weight is 431 g/mol. The number of carbonyl (C=O) groups is 1. The van der Waals surface area contributed by atoms with E-state index in [1.54, 1.807) is 28.4 Å². The van der Waals surface area contributed by atoms with E-state index in [0.717, 1.165) is 24.0 Å². The van der Waals surface area contributed by atoms with Crippen LogP contribution in [0.25, 0.3) is 22.3 Å². The number of ether oxygens (including phenoxy) is 1. The van der Waals surface area contributed by atoms with Crippen LogP contribution in [0.4, 0.5) is 0 Å². The van der Waals surface area contributed by atoms with Gasteiger partial charge in [0, 0.05) is 35.1 Å². The van der Waals surface area contributed by atoms with Crippen LogP contribution in [0.1, 0.15) is 26.2 Å². The van der Waals surface area contributed by atoms with E-state index in [0.29, 0.717) is 34.3 Å². The normalized spacial score (nSPS) is 13.2. The Bertz CT molecular complexity index is 1150. The molecule has 0 atom stereocenters. The molecular formula is C22H20Cl2N2O3. The molecule has 1 aromatic heterocycles. The summed E-state index contributed by atoms with van der Waals surface area (Å²) in [6.07, 6.45) is 2.04. The molecule has 0 fully saturated rings. The summed E-state index contributed by atoms with van der Waals surface area (Å²) in [7, 11) is 0. The van der Waals surface area contributed by atoms with E-state index in [1.807, 2.05) is 30.3 Å². The zero-order chi connectivity index (χ0) is 20.5. The van der Waals surface area contributed by atoms with Crippen molar-refractivity contribution in [2.24, 2.45) is 0 Å². The zero-order valence-corrected chi connectivity index (χ0v) is 17.5. The Labute approximate surface area is 178 Å². The van der Waals surface area contributed by atoms with Gasteiger partial charge in [0.15, 0.2) is 0 Å². The quantitative estimate of drug-likeness (QED) is 0.520. The first-order valence-corrected chi connectivity index (χ1v) is 10.4. The molecule has 0 amide bonds. The third-order valence-electron chi connectivity index (χ3n) is 5.07. The number of carbonyl (C=O) groups excluding carboxylic acids is 1. The highest BCUT2D eigenvalue weighted by molar-refractivity contribution is 6.33. The maximum absolute atomic E-state index is 13.2. The number of aromatic nitrogens is 2. The summed E-state index contributed by atoms with van der Waals surface area (Å²) in [6, 6.07) is 12.9. The van der Waals surface area contributed by atoms with Gasteiger partial charge in [0.2, 0.25) is 5.88 Å². The first-order chi connectivity index (χ1) is 14.0. The lowest BCUT2D eigenvalue weighted by Gasteiger charge is -2.18. The Kier molecular flexibility index (Phi) is 5.52. The van der Waals surface area contributed by atoms with Crippen LogP contribution in [0.2, 0.25) is 10.0 Å². The standard InChI is InChI=1S/C22H20Cl2N2O3/c1-2-19(27)29-22-20(21(28)25-10-3-4-11-26(22)25)17-13-15(8-9-18(17)24)14-6-5-7-16(23)12-14/h5-9,12-13H,2-4,10-11H2,1H3. The van der Waals surface area contributed by atoms with Gasteiger partial charge in [-0.25, -0.2) is 4.68 Å². The second-order valence-electron chi connectivity index (χ2n) is 6.97. The summed E-state index contributed by atoms with van der Waals surface area (Å²) in [4.78, 5) is 25.3. The van der Waals surface area contributed by atoms with Crippen molar-refractivity contribution in [3.8, 4) is 28.1 Å². The van der Waals surface area contributed by atoms with Crippen LogP contribution in [0, 0.1) is 0 Å². The predicted molar refractivity (Wildman–Crippen MR) is 115 cm³/mol. The topological polar surface area (TPSA) is 53.2 Å². The molecule has 5 nitrogen and oxygen atoms in total. The molecule has 150 valence electrons. The van der Waals surface area contributed by atoms with E-state index in [2.05, 4.69) is 0 Å². The molecule has 0 aliphatic carbocycles. The van der Waals surface area contributed by atoms with Gasteiger partial charge in [-0.3, -0.25) is 14.3 Å². The lowest BCUT2D eigenvalue weighted by atomic mass is 10.00. The number of nitrogens with zero attached hydrogens (tertiary/aromatic N) is 2. The van der Waals surface area contributed by atoms with Gasteiger partial charge in [0.1, 0.15) is 5.56 Å². The maximum Gasteiger partial charge on any atom is 0.312 e. The number of hydrogen-bond donors (Lipinski definition) is 0. The molecule has 29 heavy (non-hydrogen) atoms. The summed E-state index contributed by atoms with van der Waals surface area (Å²) < 4.78 is 9.01. The van der Waals surface area contributed by atoms with Gasteiger partial charge in [-0.15, -0.1) is 0 Å². The van der Waals surface area contributed by atoms with E-state index >= 15 is 0 Å². The third kappa shape index (κ3) is 3.72. The first-order valence-electron chi connectivity index (χ1n) is 9.59. The van der Waals surface area contributed by atoms with Crippen LogP contribution in [0.3, 0.4) is 0 Å². The first kappa shape index (κ1) is 19.8. The molecule has 0 bridgehead atoms. The van der Waals surface area contributed by atoms with Crippen LogP contribution >= 0.6 is 23.2 Å². The Morgan fingerprint density at radius 1 is 1.03 bits per heavy atom. The van der Waals surface area contributed by atoms with Crippen LogP contribution < -0.4 is 10.3 Å². The minimum Gasteiger partial charge on any atom is -0.407 e. The molecule has 0 radical (unpaired) electrons. The molecule has 0 unspecified atom stereocenters. The van der Waals surface area contributed by atoms with Crippen molar-refractivity contribution in [2.45, 2.75) is 39.3 Å². The number of rotatable bonds is 4. The molecule has 3 aromatic rings. The molecule has 0 saturated carbocycles. The van der Waals surface area contributed by atoms with E-state index in [1.165, 1.54) is 0 Å². The Balaban J connectivity index is 1.92. The van der Waals surface area contributed by atoms with Gasteiger partial charge in [-0.2, -0.15) is 0 Å². The van der Waals surface area contributed by atoms with Crippen molar-refractivity contribution in [3.63, 3.8) is 0 Å². The van der Waals surface area contributed by atoms with E-state index in [-0.39, 0.29) is 23.8 Å². The van der Waals surface area contributed by atoms with E-state index in [9.17, 15) is 9.59 Å². The number of halogens is 2. The Morgan fingerprint density at radius 2 is 1.76 bits per heavy atom. The van der Waals surface area contributed by atoms with Gasteiger partial charge < -0.3 is 4.74 Å². The van der Waals surface area contributed by atoms with Crippen molar-refractivity contribution < 1.29 is 9.53 Å². The molecule has 0 spiro atoms. The molecule has 2 heterocycles. The largest absolute Gasteiger partial charge is 0.407 e. The number of fused-ring (bicyclic) bond motifs is 1. The number of hydrogen-bond acceptors (Lipinski definition) is 3. The molecule has 1 aliphatic rings.